The van der Waals surface area contributed by atoms with Gasteiger partial charge in [0.2, 0.25) is 0 Å². The minimum Gasteiger partial charge on any atom is -0.362 e. The molecule has 134 valence electrons. The maximum absolute atomic E-state index is 12.8. The van der Waals surface area contributed by atoms with Crippen molar-refractivity contribution in [3.8, 4) is 0 Å². The summed E-state index contributed by atoms with van der Waals surface area (Å²) in [5.74, 6) is 0.713. The lowest BCUT2D eigenvalue weighted by atomic mass is 9.81. The summed E-state index contributed by atoms with van der Waals surface area (Å²) >= 11 is 6.08. The second kappa shape index (κ2) is 7.65. The van der Waals surface area contributed by atoms with Crippen LogP contribution in [-0.4, -0.2) is 4.98 Å². The van der Waals surface area contributed by atoms with Gasteiger partial charge in [0.15, 0.2) is 0 Å². The second-order valence-electron chi connectivity index (χ2n) is 6.48. The number of aromatic nitrogens is 1. The third kappa shape index (κ3) is 4.46. The minimum atomic E-state index is -4.45. The molecule has 1 N–H and O–H groups in total. The monoisotopic (exact) mass is 368 g/mol. The lowest BCUT2D eigenvalue weighted by molar-refractivity contribution is -0.137. The van der Waals surface area contributed by atoms with Crippen LogP contribution in [0.3, 0.4) is 0 Å². The molecule has 3 rings (SSSR count). The number of nitrogens with zero attached hydrogens (tertiary/aromatic N) is 1. The highest BCUT2D eigenvalue weighted by Crippen LogP contribution is 2.38. The molecule has 1 heterocycles. The molecule has 0 saturated heterocycles. The number of hydrogen-bond acceptors (Lipinski definition) is 2. The summed E-state index contributed by atoms with van der Waals surface area (Å²) in [5.41, 5.74) is 0.268. The summed E-state index contributed by atoms with van der Waals surface area (Å²) in [6, 6.07) is 10.9. The number of alkyl halides is 3. The predicted octanol–water partition coefficient (Wildman–Crippen LogP) is 6.49. The third-order valence-corrected chi connectivity index (χ3v) is 5.03. The van der Waals surface area contributed by atoms with Crippen molar-refractivity contribution < 1.29 is 13.2 Å². The fourth-order valence-corrected chi connectivity index (χ4v) is 3.67. The first-order valence-corrected chi connectivity index (χ1v) is 8.87. The zero-order valence-electron chi connectivity index (χ0n) is 13.7. The van der Waals surface area contributed by atoms with Gasteiger partial charge in [0.25, 0.3) is 0 Å². The van der Waals surface area contributed by atoms with Gasteiger partial charge in [-0.25, -0.2) is 4.98 Å². The van der Waals surface area contributed by atoms with E-state index in [2.05, 4.69) is 10.3 Å². The summed E-state index contributed by atoms with van der Waals surface area (Å²) in [4.78, 5) is 3.94. The Labute approximate surface area is 150 Å². The quantitative estimate of drug-likeness (QED) is 0.667. The van der Waals surface area contributed by atoms with Gasteiger partial charge in [-0.15, -0.1) is 0 Å². The highest BCUT2D eigenvalue weighted by molar-refractivity contribution is 6.33. The largest absolute Gasteiger partial charge is 0.417 e. The van der Waals surface area contributed by atoms with Gasteiger partial charge < -0.3 is 5.32 Å². The highest BCUT2D eigenvalue weighted by atomic mass is 35.5. The average molecular weight is 369 g/mol. The van der Waals surface area contributed by atoms with Crippen LogP contribution in [0.2, 0.25) is 5.02 Å². The second-order valence-corrected chi connectivity index (χ2v) is 6.89. The molecule has 1 atom stereocenters. The zero-order chi connectivity index (χ0) is 17.9. The molecule has 1 aromatic carbocycles. The van der Waals surface area contributed by atoms with E-state index in [-0.39, 0.29) is 11.1 Å². The third-order valence-electron chi connectivity index (χ3n) is 4.74. The lowest BCUT2D eigenvalue weighted by Crippen LogP contribution is -2.24. The van der Waals surface area contributed by atoms with E-state index in [0.29, 0.717) is 11.7 Å². The number of pyridine rings is 1. The molecule has 1 fully saturated rings. The normalized spacial score (nSPS) is 17.3. The van der Waals surface area contributed by atoms with Crippen molar-refractivity contribution in [3.63, 3.8) is 0 Å². The molecule has 1 unspecified atom stereocenters. The number of benzene rings is 1. The Bertz CT molecular complexity index is 698. The maximum Gasteiger partial charge on any atom is 0.417 e. The number of anilines is 1. The first-order chi connectivity index (χ1) is 11.9. The molecule has 1 aromatic heterocycles. The van der Waals surface area contributed by atoms with Gasteiger partial charge in [-0.3, -0.25) is 0 Å². The predicted molar refractivity (Wildman–Crippen MR) is 93.6 cm³/mol. The average Bonchev–Trinajstić information content (AvgIpc) is 2.61. The van der Waals surface area contributed by atoms with E-state index >= 15 is 0 Å². The molecule has 1 aliphatic carbocycles. The topological polar surface area (TPSA) is 24.9 Å². The standard InChI is InChI=1S/C19H20ClF3N2/c20-16-11-15(19(21,22)23)12-24-18(16)25-17(13-7-3-1-4-8-13)14-9-5-2-6-10-14/h1,3-4,7-8,11-12,14,17H,2,5-6,9-10H2,(H,24,25). The van der Waals surface area contributed by atoms with Crippen molar-refractivity contribution in [2.24, 2.45) is 5.92 Å². The van der Waals surface area contributed by atoms with Crippen molar-refractivity contribution in [1.82, 2.24) is 4.98 Å². The summed E-state index contributed by atoms with van der Waals surface area (Å²) in [5, 5.41) is 3.29. The molecule has 1 aliphatic rings. The Kier molecular flexibility index (Phi) is 5.52. The van der Waals surface area contributed by atoms with Crippen LogP contribution >= 0.6 is 11.6 Å². The van der Waals surface area contributed by atoms with Crippen LogP contribution in [-0.2, 0) is 6.18 Å². The van der Waals surface area contributed by atoms with Crippen LogP contribution in [0.5, 0.6) is 0 Å². The molecular formula is C19H20ClF3N2. The van der Waals surface area contributed by atoms with E-state index in [1.165, 1.54) is 19.3 Å². The molecule has 0 spiro atoms. The molecule has 0 radical (unpaired) electrons. The zero-order valence-corrected chi connectivity index (χ0v) is 14.4. The number of rotatable bonds is 4. The van der Waals surface area contributed by atoms with Crippen LogP contribution in [0.25, 0.3) is 0 Å². The van der Waals surface area contributed by atoms with Crippen molar-refractivity contribution in [1.29, 1.82) is 0 Å². The van der Waals surface area contributed by atoms with Crippen LogP contribution in [0.15, 0.2) is 42.6 Å². The Morgan fingerprint density at radius 2 is 1.76 bits per heavy atom. The van der Waals surface area contributed by atoms with Gasteiger partial charge in [0.05, 0.1) is 16.6 Å². The van der Waals surface area contributed by atoms with E-state index in [1.54, 1.807) is 0 Å². The molecule has 0 amide bonds. The van der Waals surface area contributed by atoms with E-state index < -0.39 is 11.7 Å². The maximum atomic E-state index is 12.8. The summed E-state index contributed by atoms with van der Waals surface area (Å²) < 4.78 is 38.4. The SMILES string of the molecule is FC(F)(F)c1cnc(NC(c2ccccc2)C2CCCCC2)c(Cl)c1. The van der Waals surface area contributed by atoms with Crippen molar-refractivity contribution in [2.75, 3.05) is 5.32 Å². The summed E-state index contributed by atoms with van der Waals surface area (Å²) in [6.07, 6.45) is 2.13. The minimum absolute atomic E-state index is 0.00781. The molecule has 2 nitrogen and oxygen atoms in total. The van der Waals surface area contributed by atoms with Crippen LogP contribution in [0, 0.1) is 5.92 Å². The Balaban J connectivity index is 1.87. The van der Waals surface area contributed by atoms with Crippen LogP contribution in [0.1, 0.15) is 49.3 Å². The van der Waals surface area contributed by atoms with Gasteiger partial charge in [-0.1, -0.05) is 61.2 Å². The first-order valence-electron chi connectivity index (χ1n) is 8.49. The molecular weight excluding hydrogens is 349 g/mol. The van der Waals surface area contributed by atoms with Crippen LogP contribution < -0.4 is 5.32 Å². The number of halogens is 4. The fourth-order valence-electron chi connectivity index (χ4n) is 3.45. The van der Waals surface area contributed by atoms with E-state index in [9.17, 15) is 13.2 Å². The van der Waals surface area contributed by atoms with E-state index in [4.69, 9.17) is 11.6 Å². The summed E-state index contributed by atoms with van der Waals surface area (Å²) in [7, 11) is 0. The smallest absolute Gasteiger partial charge is 0.362 e. The molecule has 25 heavy (non-hydrogen) atoms. The molecule has 0 aliphatic heterocycles. The van der Waals surface area contributed by atoms with Crippen LogP contribution in [0.4, 0.5) is 19.0 Å². The fraction of sp³-hybridized carbons (Fsp3) is 0.421. The molecule has 1 saturated carbocycles. The Morgan fingerprint density at radius 1 is 1.08 bits per heavy atom. The van der Waals surface area contributed by atoms with Gasteiger partial charge in [-0.2, -0.15) is 13.2 Å². The molecule has 2 aromatic rings. The highest BCUT2D eigenvalue weighted by Gasteiger charge is 2.32. The summed E-state index contributed by atoms with van der Waals surface area (Å²) in [6.45, 7) is 0. The van der Waals surface area contributed by atoms with Crippen molar-refractivity contribution >= 4 is 17.4 Å². The van der Waals surface area contributed by atoms with Gasteiger partial charge >= 0.3 is 6.18 Å². The number of hydrogen-bond donors (Lipinski definition) is 1. The Morgan fingerprint density at radius 3 is 2.36 bits per heavy atom. The first kappa shape index (κ1) is 18.1. The van der Waals surface area contributed by atoms with Gasteiger partial charge in [0, 0.05) is 6.20 Å². The lowest BCUT2D eigenvalue weighted by Gasteiger charge is -2.32. The molecule has 6 heteroatoms. The van der Waals surface area contributed by atoms with E-state index in [0.717, 1.165) is 30.7 Å². The van der Waals surface area contributed by atoms with E-state index in [1.807, 2.05) is 30.3 Å². The Hall–Kier alpha value is -1.75. The van der Waals surface area contributed by atoms with Gasteiger partial charge in [0.1, 0.15) is 5.82 Å². The number of nitrogens with one attached hydrogen (secondary N) is 1. The van der Waals surface area contributed by atoms with Gasteiger partial charge in [-0.05, 0) is 30.4 Å². The van der Waals surface area contributed by atoms with Crippen molar-refractivity contribution in [2.45, 2.75) is 44.3 Å². The molecule has 0 bridgehead atoms. The van der Waals surface area contributed by atoms with Crippen molar-refractivity contribution in [3.05, 3.63) is 58.7 Å².